The van der Waals surface area contributed by atoms with E-state index in [2.05, 4.69) is 10.3 Å². The molecule has 2 atom stereocenters. The molecule has 1 saturated heterocycles. The Morgan fingerprint density at radius 2 is 1.89 bits per heavy atom. The van der Waals surface area contributed by atoms with Crippen LogP contribution in [0.2, 0.25) is 0 Å². The van der Waals surface area contributed by atoms with Gasteiger partial charge in [-0.1, -0.05) is 0 Å². The molecule has 0 spiro atoms. The summed E-state index contributed by atoms with van der Waals surface area (Å²) < 4.78 is 5.67. The van der Waals surface area contributed by atoms with Gasteiger partial charge in [0.15, 0.2) is 0 Å². The zero-order chi connectivity index (χ0) is 19.4. The number of hydrogen-bond acceptors (Lipinski definition) is 6. The molecule has 152 valence electrons. The predicted octanol–water partition coefficient (Wildman–Crippen LogP) is 2.57. The lowest BCUT2D eigenvalue weighted by Gasteiger charge is -2.35. The van der Waals surface area contributed by atoms with Gasteiger partial charge in [-0.25, -0.2) is 4.98 Å². The maximum absolute atomic E-state index is 12.7. The first-order valence-electron chi connectivity index (χ1n) is 8.97. The Bertz CT molecular complexity index is 802. The highest BCUT2D eigenvalue weighted by Gasteiger charge is 2.26. The predicted molar refractivity (Wildman–Crippen MR) is 112 cm³/mol. The van der Waals surface area contributed by atoms with Gasteiger partial charge in [-0.3, -0.25) is 9.59 Å². The van der Waals surface area contributed by atoms with Crippen molar-refractivity contribution in [3.8, 4) is 0 Å². The van der Waals surface area contributed by atoms with Crippen molar-refractivity contribution in [1.29, 1.82) is 0 Å². The number of ether oxygens (including phenoxy) is 1. The molecule has 3 rings (SSSR count). The molecular formula is C19H25ClN4O3S. The molecule has 0 saturated carbocycles. The smallest absolute Gasteiger partial charge is 0.275 e. The summed E-state index contributed by atoms with van der Waals surface area (Å²) in [5, 5.41) is 5.37. The average Bonchev–Trinajstić information content (AvgIpc) is 3.10. The van der Waals surface area contributed by atoms with Crippen LogP contribution in [-0.4, -0.2) is 53.5 Å². The van der Waals surface area contributed by atoms with Crippen LogP contribution in [0.5, 0.6) is 0 Å². The summed E-state index contributed by atoms with van der Waals surface area (Å²) >= 11 is 1.42. The average molecular weight is 425 g/mol. The van der Waals surface area contributed by atoms with Gasteiger partial charge in [0.1, 0.15) is 5.69 Å². The summed E-state index contributed by atoms with van der Waals surface area (Å²) in [6, 6.07) is 6.91. The molecule has 2 aromatic rings. The number of nitrogens with one attached hydrogen (secondary N) is 1. The molecule has 2 heterocycles. The van der Waals surface area contributed by atoms with Crippen LogP contribution in [0.1, 0.15) is 39.7 Å². The number of rotatable bonds is 5. The van der Waals surface area contributed by atoms with E-state index in [0.29, 0.717) is 43.0 Å². The second-order valence-corrected chi connectivity index (χ2v) is 7.61. The minimum absolute atomic E-state index is 0. The van der Waals surface area contributed by atoms with Crippen LogP contribution in [0.4, 0.5) is 5.69 Å². The van der Waals surface area contributed by atoms with Gasteiger partial charge in [-0.2, -0.15) is 0 Å². The fourth-order valence-electron chi connectivity index (χ4n) is 3.07. The van der Waals surface area contributed by atoms with Gasteiger partial charge >= 0.3 is 0 Å². The first-order valence-corrected chi connectivity index (χ1v) is 9.85. The van der Waals surface area contributed by atoms with Crippen molar-refractivity contribution in [2.24, 2.45) is 5.73 Å². The Balaban J connectivity index is 0.00000280. The number of nitrogens with zero attached hydrogens (tertiary/aromatic N) is 2. The molecule has 9 heteroatoms. The van der Waals surface area contributed by atoms with Crippen molar-refractivity contribution in [1.82, 2.24) is 9.88 Å². The largest absolute Gasteiger partial charge is 0.372 e. The van der Waals surface area contributed by atoms with E-state index < -0.39 is 0 Å². The maximum atomic E-state index is 12.7. The molecule has 0 bridgehead atoms. The van der Waals surface area contributed by atoms with E-state index in [1.165, 1.54) is 11.3 Å². The number of thiazole rings is 1. The van der Waals surface area contributed by atoms with Gasteiger partial charge < -0.3 is 20.7 Å². The second kappa shape index (κ2) is 9.97. The molecule has 1 aromatic heterocycles. The number of nitrogens with two attached hydrogens (primary N) is 1. The summed E-state index contributed by atoms with van der Waals surface area (Å²) in [5.41, 5.74) is 7.09. The molecule has 0 radical (unpaired) electrons. The number of hydrogen-bond donors (Lipinski definition) is 2. The lowest BCUT2D eigenvalue weighted by molar-refractivity contribution is -0.0586. The summed E-state index contributed by atoms with van der Waals surface area (Å²) in [4.78, 5) is 31.0. The number of morpholine rings is 1. The monoisotopic (exact) mass is 424 g/mol. The topological polar surface area (TPSA) is 97.6 Å². The molecule has 28 heavy (non-hydrogen) atoms. The summed E-state index contributed by atoms with van der Waals surface area (Å²) in [7, 11) is 0. The van der Waals surface area contributed by atoms with Crippen LogP contribution in [0.15, 0.2) is 29.6 Å². The highest BCUT2D eigenvalue weighted by atomic mass is 35.5. The number of halogens is 1. The zero-order valence-corrected chi connectivity index (χ0v) is 17.5. The second-order valence-electron chi connectivity index (χ2n) is 6.66. The zero-order valence-electron chi connectivity index (χ0n) is 15.9. The van der Waals surface area contributed by atoms with E-state index in [1.54, 1.807) is 34.5 Å². The third-order valence-corrected chi connectivity index (χ3v) is 5.15. The summed E-state index contributed by atoms with van der Waals surface area (Å²) in [6.07, 6.45) is 0.713. The molecule has 3 N–H and O–H groups in total. The first kappa shape index (κ1) is 22.3. The number of aromatic nitrogens is 1. The van der Waals surface area contributed by atoms with Crippen LogP contribution in [-0.2, 0) is 11.2 Å². The molecule has 1 aromatic carbocycles. The fraction of sp³-hybridized carbons (Fsp3) is 0.421. The SMILES string of the molecule is CC1CN(C(=O)c2ccc(NC(=O)c3csc(CCN)n3)cc2)CC(C)O1.Cl. The third kappa shape index (κ3) is 5.51. The van der Waals surface area contributed by atoms with Gasteiger partial charge in [-0.05, 0) is 44.7 Å². The molecule has 1 aliphatic heterocycles. The molecule has 0 aliphatic carbocycles. The van der Waals surface area contributed by atoms with E-state index in [1.807, 2.05) is 13.8 Å². The van der Waals surface area contributed by atoms with E-state index in [4.69, 9.17) is 10.5 Å². The number of amides is 2. The Morgan fingerprint density at radius 3 is 2.50 bits per heavy atom. The van der Waals surface area contributed by atoms with Crippen LogP contribution >= 0.6 is 23.7 Å². The van der Waals surface area contributed by atoms with E-state index in [9.17, 15) is 9.59 Å². The Morgan fingerprint density at radius 1 is 1.25 bits per heavy atom. The van der Waals surface area contributed by atoms with Gasteiger partial charge in [0.2, 0.25) is 0 Å². The van der Waals surface area contributed by atoms with E-state index >= 15 is 0 Å². The highest BCUT2D eigenvalue weighted by Crippen LogP contribution is 2.17. The minimum Gasteiger partial charge on any atom is -0.372 e. The van der Waals surface area contributed by atoms with Crippen LogP contribution < -0.4 is 11.1 Å². The normalized spacial score (nSPS) is 19.0. The van der Waals surface area contributed by atoms with Gasteiger partial charge in [0, 0.05) is 36.1 Å². The van der Waals surface area contributed by atoms with Gasteiger partial charge in [0.25, 0.3) is 11.8 Å². The molecule has 1 fully saturated rings. The van der Waals surface area contributed by atoms with Crippen molar-refractivity contribution in [3.05, 3.63) is 45.9 Å². The van der Waals surface area contributed by atoms with Crippen LogP contribution in [0, 0.1) is 0 Å². The van der Waals surface area contributed by atoms with Crippen molar-refractivity contribution in [3.63, 3.8) is 0 Å². The van der Waals surface area contributed by atoms with Gasteiger partial charge in [-0.15, -0.1) is 23.7 Å². The Hall–Kier alpha value is -2.00. The van der Waals surface area contributed by atoms with E-state index in [0.717, 1.165) is 5.01 Å². The van der Waals surface area contributed by atoms with Crippen molar-refractivity contribution in [2.45, 2.75) is 32.5 Å². The number of carbonyl (C=O) groups excluding carboxylic acids is 2. The fourth-order valence-corrected chi connectivity index (χ4v) is 3.87. The van der Waals surface area contributed by atoms with Crippen molar-refractivity contribution >= 4 is 41.2 Å². The lowest BCUT2D eigenvalue weighted by atomic mass is 10.1. The summed E-state index contributed by atoms with van der Waals surface area (Å²) in [5.74, 6) is -0.301. The quantitative estimate of drug-likeness (QED) is 0.768. The molecular weight excluding hydrogens is 400 g/mol. The number of anilines is 1. The van der Waals surface area contributed by atoms with Gasteiger partial charge in [0.05, 0.1) is 17.2 Å². The minimum atomic E-state index is -0.274. The first-order chi connectivity index (χ1) is 13.0. The molecule has 2 unspecified atom stereocenters. The number of carbonyl (C=O) groups is 2. The van der Waals surface area contributed by atoms with Crippen LogP contribution in [0.25, 0.3) is 0 Å². The third-order valence-electron chi connectivity index (χ3n) is 4.24. The van der Waals surface area contributed by atoms with E-state index in [-0.39, 0.29) is 36.4 Å². The summed E-state index contributed by atoms with van der Waals surface area (Å²) in [6.45, 7) is 5.59. The van der Waals surface area contributed by atoms with Crippen LogP contribution in [0.3, 0.4) is 0 Å². The highest BCUT2D eigenvalue weighted by molar-refractivity contribution is 7.09. The van der Waals surface area contributed by atoms with Crippen molar-refractivity contribution in [2.75, 3.05) is 25.0 Å². The molecule has 1 aliphatic rings. The molecule has 7 nitrogen and oxygen atoms in total. The standard InChI is InChI=1S/C19H24N4O3S.ClH/c1-12-9-23(10-13(2)26-12)19(25)14-3-5-15(6-4-14)21-18(24)16-11-27-17(22-16)7-8-20;/h3-6,11-13H,7-10,20H2,1-2H3,(H,21,24);1H. The Kier molecular flexibility index (Phi) is 7.94. The van der Waals surface area contributed by atoms with Crippen molar-refractivity contribution < 1.29 is 14.3 Å². The maximum Gasteiger partial charge on any atom is 0.275 e. The number of benzene rings is 1. The molecule has 2 amide bonds. The lowest BCUT2D eigenvalue weighted by Crippen LogP contribution is -2.48. The Labute approximate surface area is 174 Å².